The average molecular weight is 265 g/mol. The van der Waals surface area contributed by atoms with Gasteiger partial charge in [0.2, 0.25) is 0 Å². The molecule has 1 aliphatic carbocycles. The van der Waals surface area contributed by atoms with E-state index in [-0.39, 0.29) is 5.54 Å². The number of hydrogen-bond acceptors (Lipinski definition) is 3. The smallest absolute Gasteiger partial charge is 0.160 e. The van der Waals surface area contributed by atoms with E-state index in [1.54, 1.807) is 7.11 Å². The lowest BCUT2D eigenvalue weighted by atomic mass is 9.71. The van der Waals surface area contributed by atoms with Gasteiger partial charge in [-0.15, -0.1) is 0 Å². The molecule has 4 nitrogen and oxygen atoms in total. The summed E-state index contributed by atoms with van der Waals surface area (Å²) in [5.74, 6) is 2.25. The second-order valence-corrected chi connectivity index (χ2v) is 6.49. The molecule has 0 bridgehead atoms. The summed E-state index contributed by atoms with van der Waals surface area (Å²) in [5, 5.41) is 8.04. The van der Waals surface area contributed by atoms with Crippen LogP contribution in [-0.4, -0.2) is 29.0 Å². The first-order valence-electron chi connectivity index (χ1n) is 7.31. The summed E-state index contributed by atoms with van der Waals surface area (Å²) in [6.07, 6.45) is 4.40. The van der Waals surface area contributed by atoms with E-state index in [1.807, 2.05) is 6.20 Å². The van der Waals surface area contributed by atoms with E-state index in [1.165, 1.54) is 18.5 Å². The Hall–Kier alpha value is -1.03. The lowest BCUT2D eigenvalue weighted by Crippen LogP contribution is -2.43. The van der Waals surface area contributed by atoms with Crippen LogP contribution in [0.2, 0.25) is 0 Å². The van der Waals surface area contributed by atoms with Gasteiger partial charge in [0.1, 0.15) is 0 Å². The Bertz CT molecular complexity index is 398. The third kappa shape index (κ3) is 3.11. The Balaban J connectivity index is 2.07. The molecule has 0 aliphatic heterocycles. The van der Waals surface area contributed by atoms with Gasteiger partial charge >= 0.3 is 0 Å². The van der Waals surface area contributed by atoms with E-state index in [2.05, 4.69) is 42.8 Å². The van der Waals surface area contributed by atoms with Gasteiger partial charge in [0.25, 0.3) is 0 Å². The maximum absolute atomic E-state index is 5.47. The quantitative estimate of drug-likeness (QED) is 0.890. The van der Waals surface area contributed by atoms with Gasteiger partial charge in [-0.25, -0.2) is 0 Å². The van der Waals surface area contributed by atoms with Crippen LogP contribution < -0.4 is 10.1 Å². The molecule has 1 heterocycles. The summed E-state index contributed by atoms with van der Waals surface area (Å²) in [7, 11) is 1.74. The zero-order chi connectivity index (χ0) is 14.0. The highest BCUT2D eigenvalue weighted by molar-refractivity contribution is 5.31. The van der Waals surface area contributed by atoms with Crippen LogP contribution in [0, 0.1) is 5.92 Å². The van der Waals surface area contributed by atoms with Crippen LogP contribution >= 0.6 is 0 Å². The molecule has 19 heavy (non-hydrogen) atoms. The molecule has 0 amide bonds. The summed E-state index contributed by atoms with van der Waals surface area (Å²) in [5.41, 5.74) is 1.48. The minimum atomic E-state index is 0.190. The Morgan fingerprint density at radius 2 is 2.16 bits per heavy atom. The predicted octanol–water partition coefficient (Wildman–Crippen LogP) is 2.79. The Morgan fingerprint density at radius 3 is 2.63 bits per heavy atom. The van der Waals surface area contributed by atoms with Crippen LogP contribution in [0.25, 0.3) is 0 Å². The van der Waals surface area contributed by atoms with Crippen molar-refractivity contribution in [3.63, 3.8) is 0 Å². The number of nitrogens with one attached hydrogen (secondary N) is 1. The lowest BCUT2D eigenvalue weighted by Gasteiger charge is -2.39. The van der Waals surface area contributed by atoms with Crippen LogP contribution in [0.15, 0.2) is 6.20 Å². The summed E-state index contributed by atoms with van der Waals surface area (Å²) in [6.45, 7) is 10.8. The second-order valence-electron chi connectivity index (χ2n) is 6.49. The maximum atomic E-state index is 5.47. The van der Waals surface area contributed by atoms with Crippen LogP contribution in [-0.2, 0) is 6.54 Å². The van der Waals surface area contributed by atoms with Crippen molar-refractivity contribution >= 4 is 0 Å². The standard InChI is InChI=1S/C15H27N3O/c1-6-18-14(13(19-5)10-17-18)12-8-7-11(12)9-16-15(2,3)4/h10-12,16H,6-9H2,1-5H3. The number of methoxy groups -OCH3 is 1. The second kappa shape index (κ2) is 5.53. The highest BCUT2D eigenvalue weighted by Gasteiger charge is 2.36. The molecule has 1 aliphatic rings. The average Bonchev–Trinajstić information content (AvgIpc) is 2.69. The first-order chi connectivity index (χ1) is 8.96. The van der Waals surface area contributed by atoms with Crippen molar-refractivity contribution in [1.29, 1.82) is 0 Å². The number of ether oxygens (including phenoxy) is 1. The van der Waals surface area contributed by atoms with Gasteiger partial charge in [-0.1, -0.05) is 0 Å². The number of rotatable bonds is 5. The van der Waals surface area contributed by atoms with E-state index in [4.69, 9.17) is 4.74 Å². The predicted molar refractivity (Wildman–Crippen MR) is 77.7 cm³/mol. The van der Waals surface area contributed by atoms with Gasteiger partial charge in [0.05, 0.1) is 19.0 Å². The first-order valence-corrected chi connectivity index (χ1v) is 7.31. The molecule has 4 heteroatoms. The number of aromatic nitrogens is 2. The summed E-state index contributed by atoms with van der Waals surface area (Å²) in [6, 6.07) is 0. The molecule has 1 fully saturated rings. The molecule has 2 rings (SSSR count). The molecule has 108 valence electrons. The van der Waals surface area contributed by atoms with Crippen molar-refractivity contribution in [3.05, 3.63) is 11.9 Å². The van der Waals surface area contributed by atoms with E-state index in [9.17, 15) is 0 Å². The molecule has 0 spiro atoms. The maximum Gasteiger partial charge on any atom is 0.160 e. The highest BCUT2D eigenvalue weighted by Crippen LogP contribution is 2.45. The van der Waals surface area contributed by atoms with Crippen molar-refractivity contribution in [3.8, 4) is 5.75 Å². The molecular formula is C15H27N3O. The molecule has 0 aromatic carbocycles. The zero-order valence-corrected chi connectivity index (χ0v) is 12.9. The fraction of sp³-hybridized carbons (Fsp3) is 0.800. The van der Waals surface area contributed by atoms with Gasteiger partial charge in [-0.05, 0) is 53.0 Å². The summed E-state index contributed by atoms with van der Waals surface area (Å²) < 4.78 is 7.56. The van der Waals surface area contributed by atoms with Gasteiger partial charge in [0, 0.05) is 18.0 Å². The number of hydrogen-bond donors (Lipinski definition) is 1. The third-order valence-electron chi connectivity index (χ3n) is 4.03. The van der Waals surface area contributed by atoms with Crippen molar-refractivity contribution < 1.29 is 4.74 Å². The zero-order valence-electron chi connectivity index (χ0n) is 12.9. The topological polar surface area (TPSA) is 39.1 Å². The monoisotopic (exact) mass is 265 g/mol. The van der Waals surface area contributed by atoms with Gasteiger partial charge in [0.15, 0.2) is 5.75 Å². The van der Waals surface area contributed by atoms with Crippen LogP contribution in [0.5, 0.6) is 5.75 Å². The molecule has 1 aromatic rings. The van der Waals surface area contributed by atoms with E-state index < -0.39 is 0 Å². The Morgan fingerprint density at radius 1 is 1.42 bits per heavy atom. The van der Waals surface area contributed by atoms with Gasteiger partial charge < -0.3 is 10.1 Å². The SMILES string of the molecule is CCn1ncc(OC)c1C1CCC1CNC(C)(C)C. The van der Waals surface area contributed by atoms with Crippen LogP contribution in [0.1, 0.15) is 52.1 Å². The molecule has 1 saturated carbocycles. The highest BCUT2D eigenvalue weighted by atomic mass is 16.5. The third-order valence-corrected chi connectivity index (χ3v) is 4.03. The molecule has 2 atom stereocenters. The summed E-state index contributed by atoms with van der Waals surface area (Å²) >= 11 is 0. The fourth-order valence-electron chi connectivity index (χ4n) is 2.77. The van der Waals surface area contributed by atoms with Crippen LogP contribution in [0.3, 0.4) is 0 Å². The van der Waals surface area contributed by atoms with Gasteiger partial charge in [-0.3, -0.25) is 4.68 Å². The van der Waals surface area contributed by atoms with E-state index in [0.29, 0.717) is 11.8 Å². The van der Waals surface area contributed by atoms with Crippen molar-refractivity contribution in [1.82, 2.24) is 15.1 Å². The Labute approximate surface area is 116 Å². The van der Waals surface area contributed by atoms with Crippen LogP contribution in [0.4, 0.5) is 0 Å². The van der Waals surface area contributed by atoms with Gasteiger partial charge in [-0.2, -0.15) is 5.10 Å². The molecule has 0 saturated heterocycles. The lowest BCUT2D eigenvalue weighted by molar-refractivity contribution is 0.211. The van der Waals surface area contributed by atoms with Crippen molar-refractivity contribution in [2.24, 2.45) is 5.92 Å². The molecule has 2 unspecified atom stereocenters. The molecule has 0 radical (unpaired) electrons. The largest absolute Gasteiger partial charge is 0.493 e. The minimum absolute atomic E-state index is 0.190. The number of aryl methyl sites for hydroxylation is 1. The number of nitrogens with zero attached hydrogens (tertiary/aromatic N) is 2. The van der Waals surface area contributed by atoms with Crippen molar-refractivity contribution in [2.45, 2.75) is 58.5 Å². The van der Waals surface area contributed by atoms with E-state index >= 15 is 0 Å². The molecular weight excluding hydrogens is 238 g/mol. The first kappa shape index (κ1) is 14.4. The molecule has 1 N–H and O–H groups in total. The fourth-order valence-corrected chi connectivity index (χ4v) is 2.77. The van der Waals surface area contributed by atoms with E-state index in [0.717, 1.165) is 18.8 Å². The molecule has 1 aromatic heterocycles. The Kier molecular flexibility index (Phi) is 4.19. The normalized spacial score (nSPS) is 23.2. The van der Waals surface area contributed by atoms with Crippen molar-refractivity contribution in [2.75, 3.05) is 13.7 Å². The summed E-state index contributed by atoms with van der Waals surface area (Å²) in [4.78, 5) is 0. The minimum Gasteiger partial charge on any atom is -0.493 e.